The van der Waals surface area contributed by atoms with Gasteiger partial charge in [0.1, 0.15) is 6.04 Å². The summed E-state index contributed by atoms with van der Waals surface area (Å²) in [6.07, 6.45) is 5.03. The molecule has 0 N–H and O–H groups in total. The number of carbonyl (C=O) groups excluding carboxylic acids is 3. The third kappa shape index (κ3) is 2.76. The lowest BCUT2D eigenvalue weighted by molar-refractivity contribution is -0.384. The average molecular weight is 396 g/mol. The molecule has 1 aromatic carbocycles. The maximum atomic E-state index is 13.3. The normalized spacial score (nSPS) is 28.0. The van der Waals surface area contributed by atoms with Crippen LogP contribution in [0.25, 0.3) is 0 Å². The first-order chi connectivity index (χ1) is 13.6. The molecule has 0 spiro atoms. The molecule has 2 fully saturated rings. The summed E-state index contributed by atoms with van der Waals surface area (Å²) in [6, 6.07) is 3.92. The van der Waals surface area contributed by atoms with E-state index in [1.165, 1.54) is 24.3 Å². The summed E-state index contributed by atoms with van der Waals surface area (Å²) in [4.78, 5) is 51.1. The number of Topliss-reactive ketones (excluding diaryl/α,β-unsaturated/α-hetero) is 1. The number of nitro groups is 1. The minimum absolute atomic E-state index is 0.135. The van der Waals surface area contributed by atoms with Crippen LogP contribution in [-0.4, -0.2) is 45.8 Å². The first-order valence-electron chi connectivity index (χ1n) is 9.28. The number of nitrogens with zero attached hydrogens (tertiary/aromatic N) is 4. The van der Waals surface area contributed by atoms with Crippen LogP contribution in [-0.2, 0) is 14.4 Å². The molecule has 4 rings (SSSR count). The molecule has 1 aromatic rings. The van der Waals surface area contributed by atoms with Crippen molar-refractivity contribution in [3.8, 4) is 0 Å². The van der Waals surface area contributed by atoms with Gasteiger partial charge in [-0.2, -0.15) is 5.10 Å². The number of carbonyl (C=O) groups is 3. The van der Waals surface area contributed by atoms with Gasteiger partial charge in [0.2, 0.25) is 11.8 Å². The van der Waals surface area contributed by atoms with Crippen LogP contribution < -0.4 is 4.90 Å². The van der Waals surface area contributed by atoms with Gasteiger partial charge in [0.15, 0.2) is 5.78 Å². The van der Waals surface area contributed by atoms with Gasteiger partial charge in [-0.25, -0.2) is 4.90 Å². The number of rotatable bonds is 3. The number of hydrogen-bond donors (Lipinski definition) is 0. The lowest BCUT2D eigenvalue weighted by Gasteiger charge is -2.33. The van der Waals surface area contributed by atoms with E-state index in [2.05, 4.69) is 5.10 Å². The summed E-state index contributed by atoms with van der Waals surface area (Å²) in [7, 11) is 0. The predicted octanol–water partition coefficient (Wildman–Crippen LogP) is 1.92. The van der Waals surface area contributed by atoms with Gasteiger partial charge in [-0.3, -0.25) is 29.5 Å². The third-order valence-corrected chi connectivity index (χ3v) is 5.62. The molecule has 2 saturated heterocycles. The zero-order valence-corrected chi connectivity index (χ0v) is 16.2. The second-order valence-electron chi connectivity index (χ2n) is 8.42. The Morgan fingerprint density at radius 3 is 2.31 bits per heavy atom. The second-order valence-corrected chi connectivity index (χ2v) is 8.42. The van der Waals surface area contributed by atoms with Crippen molar-refractivity contribution in [1.29, 1.82) is 0 Å². The molecule has 0 unspecified atom stereocenters. The summed E-state index contributed by atoms with van der Waals surface area (Å²) in [6.45, 7) is 5.32. The first-order valence-corrected chi connectivity index (χ1v) is 9.28. The minimum Gasteiger partial charge on any atom is -0.297 e. The van der Waals surface area contributed by atoms with Crippen LogP contribution in [0.5, 0.6) is 0 Å². The lowest BCUT2D eigenvalue weighted by Crippen LogP contribution is -2.49. The molecule has 3 heterocycles. The van der Waals surface area contributed by atoms with Crippen molar-refractivity contribution in [2.24, 2.45) is 22.4 Å². The van der Waals surface area contributed by atoms with E-state index >= 15 is 0 Å². The number of fused-ring (bicyclic) bond motifs is 3. The van der Waals surface area contributed by atoms with Gasteiger partial charge in [0.25, 0.3) is 5.69 Å². The summed E-state index contributed by atoms with van der Waals surface area (Å²) < 4.78 is 0. The van der Waals surface area contributed by atoms with E-state index in [0.29, 0.717) is 0 Å². The van der Waals surface area contributed by atoms with Crippen LogP contribution >= 0.6 is 0 Å². The molecule has 3 aliphatic rings. The third-order valence-electron chi connectivity index (χ3n) is 5.62. The molecule has 0 aromatic heterocycles. The van der Waals surface area contributed by atoms with Gasteiger partial charge in [0, 0.05) is 23.8 Å². The largest absolute Gasteiger partial charge is 0.297 e. The monoisotopic (exact) mass is 396 g/mol. The first kappa shape index (κ1) is 19.0. The van der Waals surface area contributed by atoms with Gasteiger partial charge in [-0.1, -0.05) is 26.8 Å². The van der Waals surface area contributed by atoms with Crippen molar-refractivity contribution in [1.82, 2.24) is 5.01 Å². The topological polar surface area (TPSA) is 113 Å². The highest BCUT2D eigenvalue weighted by Gasteiger charge is 2.64. The smallest absolute Gasteiger partial charge is 0.269 e. The number of amides is 2. The average Bonchev–Trinajstić information content (AvgIpc) is 3.14. The summed E-state index contributed by atoms with van der Waals surface area (Å²) >= 11 is 0. The van der Waals surface area contributed by atoms with Crippen LogP contribution in [0.1, 0.15) is 20.8 Å². The Bertz CT molecular complexity index is 976. The van der Waals surface area contributed by atoms with E-state index in [1.54, 1.807) is 44.1 Å². The lowest BCUT2D eigenvalue weighted by atomic mass is 9.80. The van der Waals surface area contributed by atoms with Crippen molar-refractivity contribution < 1.29 is 19.3 Å². The van der Waals surface area contributed by atoms with E-state index in [9.17, 15) is 24.5 Å². The number of anilines is 1. The molecule has 0 aliphatic carbocycles. The van der Waals surface area contributed by atoms with Gasteiger partial charge in [0.05, 0.1) is 28.5 Å². The number of non-ortho nitro benzene ring substituents is 1. The number of hydrazone groups is 1. The highest BCUT2D eigenvalue weighted by atomic mass is 16.6. The fourth-order valence-corrected chi connectivity index (χ4v) is 4.26. The Kier molecular flexibility index (Phi) is 4.14. The van der Waals surface area contributed by atoms with Crippen molar-refractivity contribution in [2.45, 2.75) is 32.9 Å². The molecule has 2 amide bonds. The van der Waals surface area contributed by atoms with Crippen LogP contribution in [0.15, 0.2) is 41.5 Å². The summed E-state index contributed by atoms with van der Waals surface area (Å²) in [5.41, 5.74) is -0.591. The maximum Gasteiger partial charge on any atom is 0.269 e. The highest BCUT2D eigenvalue weighted by molar-refractivity contribution is 6.24. The van der Waals surface area contributed by atoms with E-state index in [4.69, 9.17) is 0 Å². The number of allylic oxidation sites excluding steroid dienone is 1. The number of hydrogen-bond acceptors (Lipinski definition) is 7. The number of benzene rings is 1. The van der Waals surface area contributed by atoms with Crippen LogP contribution in [0.2, 0.25) is 0 Å². The van der Waals surface area contributed by atoms with Crippen molar-refractivity contribution in [3.05, 3.63) is 46.5 Å². The standard InChI is InChI=1S/C20H20N4O5/c1-20(2,3)17(25)16-15-14(13-5-4-10-21-23(13)16)18(26)22(19(15)27)11-6-8-12(9-7-11)24(28)29/h4-10,13-16H,1-3H3/t13-,14-,15+,16+/m1/s1. The maximum absolute atomic E-state index is 13.3. The quantitative estimate of drug-likeness (QED) is 0.438. The van der Waals surface area contributed by atoms with Crippen LogP contribution in [0.3, 0.4) is 0 Å². The molecule has 0 bridgehead atoms. The van der Waals surface area contributed by atoms with Crippen molar-refractivity contribution >= 4 is 35.2 Å². The fraction of sp³-hybridized carbons (Fsp3) is 0.400. The molecule has 0 radical (unpaired) electrons. The van der Waals surface area contributed by atoms with Gasteiger partial charge >= 0.3 is 0 Å². The molecular formula is C20H20N4O5. The Morgan fingerprint density at radius 1 is 1.10 bits per heavy atom. The Hall–Kier alpha value is -3.36. The highest BCUT2D eigenvalue weighted by Crippen LogP contribution is 2.47. The molecule has 4 atom stereocenters. The van der Waals surface area contributed by atoms with Gasteiger partial charge < -0.3 is 0 Å². The number of ketones is 1. The van der Waals surface area contributed by atoms with Crippen molar-refractivity contribution in [2.75, 3.05) is 4.90 Å². The zero-order chi connectivity index (χ0) is 21.1. The Balaban J connectivity index is 1.75. The minimum atomic E-state index is -0.852. The second kappa shape index (κ2) is 6.33. The van der Waals surface area contributed by atoms with Crippen molar-refractivity contribution in [3.63, 3.8) is 0 Å². The SMILES string of the molecule is CC(C)(C)C(=O)[C@@H]1[C@H]2C(=O)N(c3ccc([N+](=O)[O-])cc3)C(=O)[C@@H]2[C@H]2C=CC=NN21. The zero-order valence-electron chi connectivity index (χ0n) is 16.2. The molecule has 3 aliphatic heterocycles. The van der Waals surface area contributed by atoms with E-state index in [-0.39, 0.29) is 17.2 Å². The van der Waals surface area contributed by atoms with E-state index in [1.807, 2.05) is 0 Å². The Morgan fingerprint density at radius 2 is 1.72 bits per heavy atom. The molecular weight excluding hydrogens is 376 g/mol. The predicted molar refractivity (Wildman–Crippen MR) is 104 cm³/mol. The Labute approximate surface area is 166 Å². The van der Waals surface area contributed by atoms with E-state index in [0.717, 1.165) is 4.90 Å². The van der Waals surface area contributed by atoms with Gasteiger partial charge in [-0.05, 0) is 18.2 Å². The molecule has 29 heavy (non-hydrogen) atoms. The molecule has 9 nitrogen and oxygen atoms in total. The van der Waals surface area contributed by atoms with E-state index < -0.39 is 46.1 Å². The summed E-state index contributed by atoms with van der Waals surface area (Å²) in [5, 5.41) is 16.8. The van der Waals surface area contributed by atoms with Crippen LogP contribution in [0.4, 0.5) is 11.4 Å². The molecule has 9 heteroatoms. The number of imide groups is 1. The fourth-order valence-electron chi connectivity index (χ4n) is 4.26. The molecule has 0 saturated carbocycles. The number of nitro benzene ring substituents is 1. The van der Waals surface area contributed by atoms with Gasteiger partial charge in [-0.15, -0.1) is 0 Å². The molecule has 150 valence electrons. The van der Waals surface area contributed by atoms with Crippen LogP contribution in [0, 0.1) is 27.4 Å². The summed E-state index contributed by atoms with van der Waals surface area (Å²) in [5.74, 6) is -2.64.